The molecule has 0 heterocycles. The summed E-state index contributed by atoms with van der Waals surface area (Å²) in [6.45, 7) is 3.78. The Balaban J connectivity index is 2.19. The third-order valence-electron chi connectivity index (χ3n) is 3.39. The Bertz CT molecular complexity index is 574. The van der Waals surface area contributed by atoms with E-state index in [1.54, 1.807) is 6.92 Å². The number of rotatable bonds is 4. The van der Waals surface area contributed by atoms with Crippen LogP contribution in [-0.4, -0.2) is 11.0 Å². The molecule has 2 aromatic carbocycles. The van der Waals surface area contributed by atoms with Crippen LogP contribution in [0.5, 0.6) is 0 Å². The molecular weight excluding hydrogens is 250 g/mol. The van der Waals surface area contributed by atoms with Crippen molar-refractivity contribution in [3.8, 4) is 0 Å². The Morgan fingerprint density at radius 3 is 2.15 bits per heavy atom. The highest BCUT2D eigenvalue weighted by Crippen LogP contribution is 2.28. The van der Waals surface area contributed by atoms with E-state index < -0.39 is 5.60 Å². The van der Waals surface area contributed by atoms with Gasteiger partial charge in [0.1, 0.15) is 5.60 Å². The molecule has 2 aromatic rings. The Hall–Kier alpha value is -2.13. The zero-order valence-electron chi connectivity index (χ0n) is 11.8. The minimum atomic E-state index is -1.02. The lowest BCUT2D eigenvalue weighted by Crippen LogP contribution is -2.23. The minimum Gasteiger partial charge on any atom is -0.381 e. The summed E-state index contributed by atoms with van der Waals surface area (Å²) in [4.78, 5) is 10.9. The molecule has 1 atom stereocenters. The highest BCUT2D eigenvalue weighted by Gasteiger charge is 2.24. The van der Waals surface area contributed by atoms with Crippen molar-refractivity contribution in [1.29, 1.82) is 0 Å². The molecule has 0 fully saturated rings. The lowest BCUT2D eigenvalue weighted by atomic mass is 9.88. The van der Waals surface area contributed by atoms with Gasteiger partial charge >= 0.3 is 0 Å². The van der Waals surface area contributed by atoms with Crippen molar-refractivity contribution in [2.45, 2.75) is 26.0 Å². The number of carbonyl (C=O) groups is 1. The van der Waals surface area contributed by atoms with Crippen LogP contribution in [0.1, 0.15) is 30.5 Å². The van der Waals surface area contributed by atoms with Gasteiger partial charge < -0.3 is 10.4 Å². The number of nitrogens with one attached hydrogen (secondary N) is 1. The predicted molar refractivity (Wildman–Crippen MR) is 79.1 cm³/mol. The van der Waals surface area contributed by atoms with Crippen LogP contribution in [0.25, 0.3) is 0 Å². The second-order valence-electron chi connectivity index (χ2n) is 5.04. The van der Waals surface area contributed by atoms with Crippen molar-refractivity contribution in [3.05, 3.63) is 71.3 Å². The number of hydrogen-bond acceptors (Lipinski definition) is 2. The van der Waals surface area contributed by atoms with Gasteiger partial charge in [0.05, 0.1) is 0 Å². The maximum absolute atomic E-state index is 10.9. The monoisotopic (exact) mass is 269 g/mol. The molecule has 3 nitrogen and oxygen atoms in total. The van der Waals surface area contributed by atoms with Gasteiger partial charge in [-0.05, 0) is 23.6 Å². The van der Waals surface area contributed by atoms with Crippen molar-refractivity contribution in [1.82, 2.24) is 5.32 Å². The molecular formula is C17H19NO2. The number of carbonyl (C=O) groups excluding carboxylic acids is 1. The lowest BCUT2D eigenvalue weighted by Gasteiger charge is -2.24. The molecule has 20 heavy (non-hydrogen) atoms. The standard InChI is InChI=1S/C17H19NO2/c1-13(19)18-12-14-8-10-16(11-9-14)17(2,20)15-6-4-3-5-7-15/h3-11,20H,12H2,1-2H3,(H,18,19). The number of aliphatic hydroxyl groups is 1. The van der Waals surface area contributed by atoms with E-state index >= 15 is 0 Å². The van der Waals surface area contributed by atoms with Gasteiger partial charge in [-0.2, -0.15) is 0 Å². The second-order valence-corrected chi connectivity index (χ2v) is 5.04. The molecule has 2 N–H and O–H groups in total. The van der Waals surface area contributed by atoms with Crippen LogP contribution in [0, 0.1) is 0 Å². The van der Waals surface area contributed by atoms with E-state index in [0.29, 0.717) is 6.54 Å². The van der Waals surface area contributed by atoms with E-state index in [1.807, 2.05) is 54.6 Å². The third-order valence-corrected chi connectivity index (χ3v) is 3.39. The lowest BCUT2D eigenvalue weighted by molar-refractivity contribution is -0.119. The van der Waals surface area contributed by atoms with E-state index in [9.17, 15) is 9.90 Å². The number of benzene rings is 2. The number of hydrogen-bond donors (Lipinski definition) is 2. The van der Waals surface area contributed by atoms with Crippen LogP contribution in [0.15, 0.2) is 54.6 Å². The summed E-state index contributed by atoms with van der Waals surface area (Å²) in [5.74, 6) is -0.0506. The molecule has 0 radical (unpaired) electrons. The fraction of sp³-hybridized carbons (Fsp3) is 0.235. The Kier molecular flexibility index (Phi) is 4.20. The first-order valence-corrected chi connectivity index (χ1v) is 6.62. The van der Waals surface area contributed by atoms with Crippen LogP contribution in [0.2, 0.25) is 0 Å². The Morgan fingerprint density at radius 2 is 1.60 bits per heavy atom. The van der Waals surface area contributed by atoms with Gasteiger partial charge in [-0.25, -0.2) is 0 Å². The quantitative estimate of drug-likeness (QED) is 0.896. The first-order valence-electron chi connectivity index (χ1n) is 6.62. The van der Waals surface area contributed by atoms with Gasteiger partial charge in [0.25, 0.3) is 0 Å². The molecule has 3 heteroatoms. The van der Waals surface area contributed by atoms with E-state index in [1.165, 1.54) is 6.92 Å². The zero-order valence-corrected chi connectivity index (χ0v) is 11.8. The van der Waals surface area contributed by atoms with Crippen molar-refractivity contribution >= 4 is 5.91 Å². The van der Waals surface area contributed by atoms with Crippen LogP contribution in [0.4, 0.5) is 0 Å². The topological polar surface area (TPSA) is 49.3 Å². The van der Waals surface area contributed by atoms with E-state index in [0.717, 1.165) is 16.7 Å². The fourth-order valence-electron chi connectivity index (χ4n) is 2.10. The molecule has 0 saturated carbocycles. The molecule has 0 aliphatic carbocycles. The summed E-state index contributed by atoms with van der Waals surface area (Å²) in [7, 11) is 0. The van der Waals surface area contributed by atoms with E-state index in [4.69, 9.17) is 0 Å². The molecule has 104 valence electrons. The molecule has 0 aliphatic rings. The summed E-state index contributed by atoms with van der Waals surface area (Å²) >= 11 is 0. The maximum atomic E-state index is 10.9. The van der Waals surface area contributed by atoms with Gasteiger partial charge in [-0.3, -0.25) is 4.79 Å². The summed E-state index contributed by atoms with van der Waals surface area (Å²) in [6, 6.07) is 17.2. The van der Waals surface area contributed by atoms with Crippen molar-refractivity contribution in [2.75, 3.05) is 0 Å². The third kappa shape index (κ3) is 3.25. The van der Waals surface area contributed by atoms with Crippen molar-refractivity contribution in [3.63, 3.8) is 0 Å². The van der Waals surface area contributed by atoms with Gasteiger partial charge in [0, 0.05) is 13.5 Å². The first kappa shape index (κ1) is 14.3. The Morgan fingerprint density at radius 1 is 1.05 bits per heavy atom. The highest BCUT2D eigenvalue weighted by atomic mass is 16.3. The molecule has 0 aliphatic heterocycles. The Labute approximate surface area is 119 Å². The summed E-state index contributed by atoms with van der Waals surface area (Å²) in [6.07, 6.45) is 0. The fourth-order valence-corrected chi connectivity index (χ4v) is 2.10. The van der Waals surface area contributed by atoms with Crippen molar-refractivity contribution < 1.29 is 9.90 Å². The van der Waals surface area contributed by atoms with Crippen LogP contribution >= 0.6 is 0 Å². The average molecular weight is 269 g/mol. The molecule has 0 aromatic heterocycles. The maximum Gasteiger partial charge on any atom is 0.217 e. The molecule has 0 bridgehead atoms. The highest BCUT2D eigenvalue weighted by molar-refractivity contribution is 5.72. The summed E-state index contributed by atoms with van der Waals surface area (Å²) < 4.78 is 0. The average Bonchev–Trinajstić information content (AvgIpc) is 2.46. The van der Waals surface area contributed by atoms with Gasteiger partial charge in [-0.1, -0.05) is 54.6 Å². The van der Waals surface area contributed by atoms with Crippen LogP contribution in [-0.2, 0) is 16.9 Å². The van der Waals surface area contributed by atoms with Gasteiger partial charge in [0.2, 0.25) is 5.91 Å². The van der Waals surface area contributed by atoms with Gasteiger partial charge in [-0.15, -0.1) is 0 Å². The molecule has 0 saturated heterocycles. The normalized spacial score (nSPS) is 13.6. The largest absolute Gasteiger partial charge is 0.381 e. The molecule has 2 rings (SSSR count). The number of amides is 1. The molecule has 0 spiro atoms. The molecule has 1 unspecified atom stereocenters. The van der Waals surface area contributed by atoms with Gasteiger partial charge in [0.15, 0.2) is 0 Å². The van der Waals surface area contributed by atoms with Crippen LogP contribution < -0.4 is 5.32 Å². The predicted octanol–water partition coefficient (Wildman–Crippen LogP) is 2.58. The van der Waals surface area contributed by atoms with Crippen molar-refractivity contribution in [2.24, 2.45) is 0 Å². The summed E-state index contributed by atoms with van der Waals surface area (Å²) in [5.41, 5.74) is 1.67. The van der Waals surface area contributed by atoms with E-state index in [2.05, 4.69) is 5.32 Å². The van der Waals surface area contributed by atoms with E-state index in [-0.39, 0.29) is 5.91 Å². The second kappa shape index (κ2) is 5.88. The zero-order chi connectivity index (χ0) is 14.6. The minimum absolute atomic E-state index is 0.0506. The van der Waals surface area contributed by atoms with Crippen LogP contribution in [0.3, 0.4) is 0 Å². The summed E-state index contributed by atoms with van der Waals surface area (Å²) in [5, 5.41) is 13.4. The smallest absolute Gasteiger partial charge is 0.217 e. The SMILES string of the molecule is CC(=O)NCc1ccc(C(C)(O)c2ccccc2)cc1. The molecule has 1 amide bonds. The first-order chi connectivity index (χ1) is 9.50.